The quantitative estimate of drug-likeness (QED) is 0.813. The van der Waals surface area contributed by atoms with Gasteiger partial charge in [0, 0.05) is 28.7 Å². The van der Waals surface area contributed by atoms with E-state index in [1.165, 1.54) is 16.0 Å². The first-order valence-corrected chi connectivity index (χ1v) is 8.53. The summed E-state index contributed by atoms with van der Waals surface area (Å²) in [6.07, 6.45) is 1.04. The van der Waals surface area contributed by atoms with Gasteiger partial charge in [0.05, 0.1) is 6.61 Å². The minimum Gasteiger partial charge on any atom is -0.493 e. The van der Waals surface area contributed by atoms with E-state index in [0.29, 0.717) is 6.04 Å². The van der Waals surface area contributed by atoms with Gasteiger partial charge in [-0.1, -0.05) is 43.3 Å². The molecule has 0 radical (unpaired) electrons. The van der Waals surface area contributed by atoms with E-state index in [4.69, 9.17) is 4.74 Å². The predicted octanol–water partition coefficient (Wildman–Crippen LogP) is 4.06. The molecule has 1 heterocycles. The first-order valence-electron chi connectivity index (χ1n) is 7.54. The average molecular weight is 299 g/mol. The Bertz CT molecular complexity index is 585. The second kappa shape index (κ2) is 7.01. The minimum absolute atomic E-state index is 0.327. The van der Waals surface area contributed by atoms with Crippen LogP contribution in [0.25, 0.3) is 0 Å². The summed E-state index contributed by atoms with van der Waals surface area (Å²) in [6.45, 7) is 3.94. The number of hydrogen-bond acceptors (Lipinski definition) is 3. The van der Waals surface area contributed by atoms with Gasteiger partial charge in [-0.3, -0.25) is 0 Å². The van der Waals surface area contributed by atoms with Crippen molar-refractivity contribution in [2.75, 3.05) is 18.9 Å². The van der Waals surface area contributed by atoms with Crippen LogP contribution >= 0.6 is 11.8 Å². The van der Waals surface area contributed by atoms with Gasteiger partial charge >= 0.3 is 0 Å². The third kappa shape index (κ3) is 3.42. The van der Waals surface area contributed by atoms with Gasteiger partial charge in [-0.25, -0.2) is 0 Å². The van der Waals surface area contributed by atoms with Crippen molar-refractivity contribution in [3.05, 3.63) is 59.7 Å². The van der Waals surface area contributed by atoms with Gasteiger partial charge in [-0.15, -0.1) is 11.8 Å². The Labute approximate surface area is 130 Å². The Morgan fingerprint density at radius 3 is 2.81 bits per heavy atom. The maximum Gasteiger partial charge on any atom is 0.127 e. The van der Waals surface area contributed by atoms with Crippen LogP contribution < -0.4 is 10.1 Å². The smallest absolute Gasteiger partial charge is 0.127 e. The fourth-order valence-corrected chi connectivity index (χ4v) is 3.72. The van der Waals surface area contributed by atoms with E-state index in [9.17, 15) is 0 Å². The van der Waals surface area contributed by atoms with Crippen LogP contribution in [-0.2, 0) is 6.42 Å². The third-order valence-corrected chi connectivity index (χ3v) is 4.84. The molecular formula is C18H21NOS. The summed E-state index contributed by atoms with van der Waals surface area (Å²) in [6, 6.07) is 17.4. The molecule has 1 atom stereocenters. The Morgan fingerprint density at radius 2 is 2.00 bits per heavy atom. The molecule has 3 heteroatoms. The number of ether oxygens (including phenoxy) is 1. The van der Waals surface area contributed by atoms with Crippen LogP contribution in [0, 0.1) is 0 Å². The fraction of sp³-hybridized carbons (Fsp3) is 0.333. The van der Waals surface area contributed by atoms with E-state index >= 15 is 0 Å². The molecule has 2 aromatic carbocycles. The number of nitrogens with one attached hydrogen (secondary N) is 1. The maximum atomic E-state index is 5.86. The SMILES string of the molecule is CCNC(CSc1ccccc1)c1cccc2c1OCC2. The molecule has 2 aromatic rings. The van der Waals surface area contributed by atoms with Gasteiger partial charge in [0.2, 0.25) is 0 Å². The van der Waals surface area contributed by atoms with Gasteiger partial charge in [0.1, 0.15) is 5.75 Å². The second-order valence-electron chi connectivity index (χ2n) is 5.17. The monoisotopic (exact) mass is 299 g/mol. The normalized spacial score (nSPS) is 14.5. The summed E-state index contributed by atoms with van der Waals surface area (Å²) in [5.41, 5.74) is 2.65. The van der Waals surface area contributed by atoms with Crippen LogP contribution in [0.4, 0.5) is 0 Å². The second-order valence-corrected chi connectivity index (χ2v) is 6.26. The number of fused-ring (bicyclic) bond motifs is 1. The summed E-state index contributed by atoms with van der Waals surface area (Å²) in [7, 11) is 0. The van der Waals surface area contributed by atoms with E-state index in [2.05, 4.69) is 60.8 Å². The molecule has 3 rings (SSSR count). The zero-order valence-corrected chi connectivity index (χ0v) is 13.2. The predicted molar refractivity (Wildman–Crippen MR) is 89.2 cm³/mol. The minimum atomic E-state index is 0.327. The van der Waals surface area contributed by atoms with Crippen molar-refractivity contribution in [1.82, 2.24) is 5.32 Å². The average Bonchev–Trinajstić information content (AvgIpc) is 3.01. The van der Waals surface area contributed by atoms with E-state index in [0.717, 1.165) is 31.1 Å². The third-order valence-electron chi connectivity index (χ3n) is 3.73. The molecule has 0 saturated carbocycles. The summed E-state index contributed by atoms with van der Waals surface area (Å²) in [4.78, 5) is 1.31. The van der Waals surface area contributed by atoms with Gasteiger partial charge in [0.25, 0.3) is 0 Å². The molecule has 110 valence electrons. The van der Waals surface area contributed by atoms with E-state index < -0.39 is 0 Å². The largest absolute Gasteiger partial charge is 0.493 e. The molecule has 21 heavy (non-hydrogen) atoms. The van der Waals surface area contributed by atoms with Crippen LogP contribution in [0.5, 0.6) is 5.75 Å². The lowest BCUT2D eigenvalue weighted by atomic mass is 10.0. The first-order chi connectivity index (χ1) is 10.4. The zero-order valence-electron chi connectivity index (χ0n) is 12.3. The molecule has 0 aliphatic carbocycles. The summed E-state index contributed by atoms with van der Waals surface area (Å²) in [5.74, 6) is 2.12. The number of rotatable bonds is 6. The number of para-hydroxylation sites is 1. The highest BCUT2D eigenvalue weighted by Gasteiger charge is 2.21. The van der Waals surface area contributed by atoms with Gasteiger partial charge < -0.3 is 10.1 Å². The molecule has 1 unspecified atom stereocenters. The van der Waals surface area contributed by atoms with Gasteiger partial charge in [0.15, 0.2) is 0 Å². The highest BCUT2D eigenvalue weighted by Crippen LogP contribution is 2.35. The van der Waals surface area contributed by atoms with E-state index in [1.54, 1.807) is 0 Å². The van der Waals surface area contributed by atoms with Gasteiger partial charge in [-0.2, -0.15) is 0 Å². The first kappa shape index (κ1) is 14.5. The molecule has 0 aromatic heterocycles. The van der Waals surface area contributed by atoms with Crippen LogP contribution in [-0.4, -0.2) is 18.9 Å². The van der Waals surface area contributed by atoms with Crippen molar-refractivity contribution in [2.24, 2.45) is 0 Å². The molecule has 1 aliphatic heterocycles. The van der Waals surface area contributed by atoms with E-state index in [1.807, 2.05) is 11.8 Å². The highest BCUT2D eigenvalue weighted by atomic mass is 32.2. The standard InChI is InChI=1S/C18H21NOS/c1-2-19-17(13-21-15-8-4-3-5-9-15)16-10-6-7-14-11-12-20-18(14)16/h3-10,17,19H,2,11-13H2,1H3. The molecular weight excluding hydrogens is 278 g/mol. The molecule has 0 spiro atoms. The fourth-order valence-electron chi connectivity index (χ4n) is 2.72. The Kier molecular flexibility index (Phi) is 4.84. The molecule has 2 nitrogen and oxygen atoms in total. The summed E-state index contributed by atoms with van der Waals surface area (Å²) < 4.78 is 5.86. The highest BCUT2D eigenvalue weighted by molar-refractivity contribution is 7.99. The Balaban J connectivity index is 1.77. The lowest BCUT2D eigenvalue weighted by Gasteiger charge is -2.20. The van der Waals surface area contributed by atoms with Crippen molar-refractivity contribution >= 4 is 11.8 Å². The molecule has 1 N–H and O–H groups in total. The molecule has 0 bridgehead atoms. The lowest BCUT2D eigenvalue weighted by Crippen LogP contribution is -2.23. The summed E-state index contributed by atoms with van der Waals surface area (Å²) >= 11 is 1.89. The maximum absolute atomic E-state index is 5.86. The number of hydrogen-bond donors (Lipinski definition) is 1. The van der Waals surface area contributed by atoms with Crippen molar-refractivity contribution in [3.8, 4) is 5.75 Å². The van der Waals surface area contributed by atoms with Crippen molar-refractivity contribution < 1.29 is 4.74 Å². The van der Waals surface area contributed by atoms with Crippen LogP contribution in [0.2, 0.25) is 0 Å². The van der Waals surface area contributed by atoms with Crippen LogP contribution in [0.3, 0.4) is 0 Å². The molecule has 0 fully saturated rings. The molecule has 0 saturated heterocycles. The van der Waals surface area contributed by atoms with Crippen LogP contribution in [0.15, 0.2) is 53.4 Å². The van der Waals surface area contributed by atoms with Crippen molar-refractivity contribution in [3.63, 3.8) is 0 Å². The summed E-state index contributed by atoms with van der Waals surface area (Å²) in [5, 5.41) is 3.60. The van der Waals surface area contributed by atoms with E-state index in [-0.39, 0.29) is 0 Å². The lowest BCUT2D eigenvalue weighted by molar-refractivity contribution is 0.350. The Morgan fingerprint density at radius 1 is 1.14 bits per heavy atom. The molecule has 1 aliphatic rings. The van der Waals surface area contributed by atoms with Crippen LogP contribution in [0.1, 0.15) is 24.1 Å². The van der Waals surface area contributed by atoms with Crippen molar-refractivity contribution in [1.29, 1.82) is 0 Å². The zero-order chi connectivity index (χ0) is 14.5. The van der Waals surface area contributed by atoms with Gasteiger partial charge in [-0.05, 0) is 24.2 Å². The topological polar surface area (TPSA) is 21.3 Å². The number of thioether (sulfide) groups is 1. The number of benzene rings is 2. The Hall–Kier alpha value is -1.45. The van der Waals surface area contributed by atoms with Crippen molar-refractivity contribution in [2.45, 2.75) is 24.3 Å². The molecule has 0 amide bonds.